The number of halogens is 1. The molecule has 2 aromatic heterocycles. The second kappa shape index (κ2) is 7.32. The van der Waals surface area contributed by atoms with E-state index in [0.717, 1.165) is 12.8 Å². The van der Waals surface area contributed by atoms with E-state index >= 15 is 0 Å². The van der Waals surface area contributed by atoms with E-state index in [1.54, 1.807) is 23.1 Å². The number of carbonyl (C=O) groups is 1. The van der Waals surface area contributed by atoms with Crippen LogP contribution >= 0.6 is 0 Å². The maximum Gasteiger partial charge on any atom is 0.257 e. The van der Waals surface area contributed by atoms with Crippen molar-refractivity contribution in [3.05, 3.63) is 59.6 Å². The number of piperidine rings is 1. The Hall–Kier alpha value is -3.00. The van der Waals surface area contributed by atoms with Crippen LogP contribution < -0.4 is 5.73 Å². The van der Waals surface area contributed by atoms with Gasteiger partial charge in [-0.25, -0.2) is 4.39 Å². The maximum atomic E-state index is 13.1. The number of rotatable bonds is 4. The summed E-state index contributed by atoms with van der Waals surface area (Å²) in [6.07, 6.45) is 3.13. The number of benzene rings is 1. The zero-order chi connectivity index (χ0) is 18.8. The van der Waals surface area contributed by atoms with E-state index in [1.807, 2.05) is 0 Å². The van der Waals surface area contributed by atoms with Crippen LogP contribution in [0, 0.1) is 5.82 Å². The third-order valence-electron chi connectivity index (χ3n) is 4.70. The van der Waals surface area contributed by atoms with Crippen LogP contribution in [0.15, 0.2) is 45.5 Å². The third-order valence-corrected chi connectivity index (χ3v) is 4.70. The fourth-order valence-corrected chi connectivity index (χ4v) is 3.26. The molecule has 1 fully saturated rings. The first-order valence-electron chi connectivity index (χ1n) is 8.80. The topological polar surface area (TPSA) is 98.4 Å². The molecule has 0 spiro atoms. The largest absolute Gasteiger partial charge is 0.467 e. The Balaban J connectivity index is 1.48. The van der Waals surface area contributed by atoms with Gasteiger partial charge in [0.15, 0.2) is 0 Å². The smallest absolute Gasteiger partial charge is 0.257 e. The molecular weight excluding hydrogens is 351 g/mol. The van der Waals surface area contributed by atoms with Gasteiger partial charge in [-0.1, -0.05) is 5.16 Å². The van der Waals surface area contributed by atoms with Crippen molar-refractivity contribution in [2.24, 2.45) is 5.73 Å². The number of carbonyl (C=O) groups excluding carboxylic acids is 1. The van der Waals surface area contributed by atoms with Gasteiger partial charge >= 0.3 is 0 Å². The third kappa shape index (κ3) is 3.61. The van der Waals surface area contributed by atoms with Crippen LogP contribution in [0.3, 0.4) is 0 Å². The van der Waals surface area contributed by atoms with Crippen LogP contribution in [0.4, 0.5) is 4.39 Å². The summed E-state index contributed by atoms with van der Waals surface area (Å²) in [6.45, 7) is 1.41. The zero-order valence-corrected chi connectivity index (χ0v) is 14.6. The number of likely N-dealkylation sites (tertiary alicyclic amines) is 1. The van der Waals surface area contributed by atoms with Gasteiger partial charge in [-0.3, -0.25) is 4.79 Å². The van der Waals surface area contributed by atoms with Gasteiger partial charge in [0.05, 0.1) is 18.0 Å². The molecule has 2 N–H and O–H groups in total. The van der Waals surface area contributed by atoms with Crippen LogP contribution in [0.2, 0.25) is 0 Å². The number of hydrogen-bond acceptors (Lipinski definition) is 6. The lowest BCUT2D eigenvalue weighted by Crippen LogP contribution is -2.39. The Morgan fingerprint density at radius 2 is 2.15 bits per heavy atom. The predicted molar refractivity (Wildman–Crippen MR) is 94.2 cm³/mol. The predicted octanol–water partition coefficient (Wildman–Crippen LogP) is 2.95. The summed E-state index contributed by atoms with van der Waals surface area (Å²) in [5.74, 6) is 1.03. The SMILES string of the molecule is NCc1cc(C(=O)N2CCCC(c3nc(-c4ccc(F)cc4)no3)C2)co1. The van der Waals surface area contributed by atoms with E-state index in [9.17, 15) is 9.18 Å². The van der Waals surface area contributed by atoms with Crippen molar-refractivity contribution in [1.82, 2.24) is 15.0 Å². The first-order valence-corrected chi connectivity index (χ1v) is 8.80. The minimum absolute atomic E-state index is 0.0368. The molecule has 3 aromatic rings. The summed E-state index contributed by atoms with van der Waals surface area (Å²) in [5, 5.41) is 3.99. The lowest BCUT2D eigenvalue weighted by Gasteiger charge is -2.30. The fraction of sp³-hybridized carbons (Fsp3) is 0.316. The highest BCUT2D eigenvalue weighted by Gasteiger charge is 2.29. The number of amides is 1. The summed E-state index contributed by atoms with van der Waals surface area (Å²) < 4.78 is 23.7. The van der Waals surface area contributed by atoms with Crippen molar-refractivity contribution in [3.63, 3.8) is 0 Å². The highest BCUT2D eigenvalue weighted by Crippen LogP contribution is 2.28. The van der Waals surface area contributed by atoms with Crippen LogP contribution in [0.1, 0.15) is 40.8 Å². The van der Waals surface area contributed by atoms with Crippen LogP contribution in [0.5, 0.6) is 0 Å². The van der Waals surface area contributed by atoms with E-state index in [-0.39, 0.29) is 24.2 Å². The van der Waals surface area contributed by atoms with Crippen molar-refractivity contribution < 1.29 is 18.1 Å². The van der Waals surface area contributed by atoms with Gasteiger partial charge in [0.25, 0.3) is 5.91 Å². The molecule has 1 unspecified atom stereocenters. The highest BCUT2D eigenvalue weighted by molar-refractivity contribution is 5.94. The van der Waals surface area contributed by atoms with Crippen molar-refractivity contribution in [2.75, 3.05) is 13.1 Å². The average Bonchev–Trinajstić information content (AvgIpc) is 3.38. The van der Waals surface area contributed by atoms with Gasteiger partial charge in [-0.2, -0.15) is 4.98 Å². The molecule has 27 heavy (non-hydrogen) atoms. The molecule has 0 aliphatic carbocycles. The van der Waals surface area contributed by atoms with Crippen LogP contribution in [-0.2, 0) is 6.54 Å². The van der Waals surface area contributed by atoms with E-state index in [2.05, 4.69) is 10.1 Å². The average molecular weight is 370 g/mol. The monoisotopic (exact) mass is 370 g/mol. The normalized spacial score (nSPS) is 17.3. The van der Waals surface area contributed by atoms with Crippen molar-refractivity contribution in [1.29, 1.82) is 0 Å². The number of furan rings is 1. The van der Waals surface area contributed by atoms with Gasteiger partial charge in [0.2, 0.25) is 11.7 Å². The van der Waals surface area contributed by atoms with E-state index in [1.165, 1.54) is 18.4 Å². The first-order chi connectivity index (χ1) is 13.1. The molecule has 1 atom stereocenters. The molecule has 1 aliphatic rings. The molecule has 8 heteroatoms. The molecule has 1 aromatic carbocycles. The van der Waals surface area contributed by atoms with Crippen molar-refractivity contribution >= 4 is 5.91 Å². The summed E-state index contributed by atoms with van der Waals surface area (Å²) in [7, 11) is 0. The Morgan fingerprint density at radius 1 is 1.33 bits per heavy atom. The molecule has 140 valence electrons. The number of nitrogens with zero attached hydrogens (tertiary/aromatic N) is 3. The molecule has 0 bridgehead atoms. The molecule has 7 nitrogen and oxygen atoms in total. The molecular formula is C19H19FN4O3. The molecule has 3 heterocycles. The Bertz CT molecular complexity index is 935. The molecule has 1 amide bonds. The Morgan fingerprint density at radius 3 is 2.89 bits per heavy atom. The summed E-state index contributed by atoms with van der Waals surface area (Å²) in [6, 6.07) is 7.59. The Labute approximate surface area is 155 Å². The number of hydrogen-bond donors (Lipinski definition) is 1. The van der Waals surface area contributed by atoms with Gasteiger partial charge in [-0.15, -0.1) is 0 Å². The summed E-state index contributed by atoms with van der Waals surface area (Å²) in [5.41, 5.74) is 6.71. The number of nitrogens with two attached hydrogens (primary N) is 1. The van der Waals surface area contributed by atoms with E-state index in [0.29, 0.717) is 41.7 Å². The maximum absolute atomic E-state index is 13.1. The molecule has 0 saturated carbocycles. The fourth-order valence-electron chi connectivity index (χ4n) is 3.26. The lowest BCUT2D eigenvalue weighted by atomic mass is 9.97. The molecule has 4 rings (SSSR count). The van der Waals surface area contributed by atoms with Crippen LogP contribution in [0.25, 0.3) is 11.4 Å². The van der Waals surface area contributed by atoms with Crippen LogP contribution in [-0.4, -0.2) is 34.0 Å². The standard InChI is InChI=1S/C19H19FN4O3/c20-15-5-3-12(4-6-15)17-22-18(27-23-17)13-2-1-7-24(10-13)19(25)14-8-16(9-21)26-11-14/h3-6,8,11,13H,1-2,7,9-10,21H2. The van der Waals surface area contributed by atoms with Crippen molar-refractivity contribution in [3.8, 4) is 11.4 Å². The second-order valence-electron chi connectivity index (χ2n) is 6.56. The first kappa shape index (κ1) is 17.4. The quantitative estimate of drug-likeness (QED) is 0.758. The van der Waals surface area contributed by atoms with Crippen molar-refractivity contribution in [2.45, 2.75) is 25.3 Å². The van der Waals surface area contributed by atoms with E-state index < -0.39 is 0 Å². The summed E-state index contributed by atoms with van der Waals surface area (Å²) in [4.78, 5) is 18.9. The zero-order valence-electron chi connectivity index (χ0n) is 14.6. The minimum Gasteiger partial charge on any atom is -0.467 e. The minimum atomic E-state index is -0.319. The van der Waals surface area contributed by atoms with Gasteiger partial charge in [0, 0.05) is 18.7 Å². The summed E-state index contributed by atoms with van der Waals surface area (Å²) >= 11 is 0. The lowest BCUT2D eigenvalue weighted by molar-refractivity contribution is 0.0695. The number of aromatic nitrogens is 2. The molecule has 1 saturated heterocycles. The highest BCUT2D eigenvalue weighted by atomic mass is 19.1. The molecule has 1 aliphatic heterocycles. The Kier molecular flexibility index (Phi) is 4.72. The van der Waals surface area contributed by atoms with E-state index in [4.69, 9.17) is 14.7 Å². The van der Waals surface area contributed by atoms with Gasteiger partial charge in [-0.05, 0) is 43.2 Å². The van der Waals surface area contributed by atoms with Gasteiger partial charge in [0.1, 0.15) is 17.8 Å². The second-order valence-corrected chi connectivity index (χ2v) is 6.56. The molecule has 0 radical (unpaired) electrons. The van der Waals surface area contributed by atoms with Gasteiger partial charge < -0.3 is 19.6 Å².